The van der Waals surface area contributed by atoms with Crippen molar-refractivity contribution in [2.45, 2.75) is 39.8 Å². The van der Waals surface area contributed by atoms with Crippen molar-refractivity contribution in [2.24, 2.45) is 4.99 Å². The van der Waals surface area contributed by atoms with E-state index in [0.717, 1.165) is 63.0 Å². The lowest BCUT2D eigenvalue weighted by molar-refractivity contribution is 0.281. The molecule has 1 aromatic heterocycles. The lowest BCUT2D eigenvalue weighted by Gasteiger charge is -2.13. The van der Waals surface area contributed by atoms with Crippen LogP contribution in [0, 0.1) is 13.8 Å². The van der Waals surface area contributed by atoms with Crippen molar-refractivity contribution in [3.8, 4) is 5.75 Å². The average Bonchev–Trinajstić information content (AvgIpc) is 3.02. The lowest BCUT2D eigenvalue weighted by Crippen LogP contribution is -2.37. The summed E-state index contributed by atoms with van der Waals surface area (Å²) in [6.45, 7) is 8.36. The Kier molecular flexibility index (Phi) is 12.4. The molecule has 0 amide bonds. The second-order valence-corrected chi connectivity index (χ2v) is 7.51. The van der Waals surface area contributed by atoms with E-state index in [0.29, 0.717) is 0 Å². The van der Waals surface area contributed by atoms with Gasteiger partial charge >= 0.3 is 0 Å². The summed E-state index contributed by atoms with van der Waals surface area (Å²) in [5.41, 5.74) is 3.46. The first-order chi connectivity index (χ1) is 14.0. The van der Waals surface area contributed by atoms with E-state index in [1.54, 1.807) is 7.05 Å². The quantitative estimate of drug-likeness (QED) is 0.203. The average molecular weight is 528 g/mol. The van der Waals surface area contributed by atoms with Gasteiger partial charge in [-0.25, -0.2) is 0 Å². The smallest absolute Gasteiger partial charge is 0.191 e. The largest absolute Gasteiger partial charge is 0.494 e. The van der Waals surface area contributed by atoms with Gasteiger partial charge in [0.1, 0.15) is 5.75 Å². The zero-order valence-corrected chi connectivity index (χ0v) is 21.3. The van der Waals surface area contributed by atoms with E-state index in [9.17, 15) is 0 Å². The van der Waals surface area contributed by atoms with Gasteiger partial charge in [-0.2, -0.15) is 5.10 Å². The van der Waals surface area contributed by atoms with E-state index in [4.69, 9.17) is 4.74 Å². The summed E-state index contributed by atoms with van der Waals surface area (Å²) in [5.74, 6) is 1.72. The molecule has 8 heteroatoms. The minimum Gasteiger partial charge on any atom is -0.494 e. The molecule has 0 spiro atoms. The maximum atomic E-state index is 5.78. The third-order valence-electron chi connectivity index (χ3n) is 4.57. The van der Waals surface area contributed by atoms with Gasteiger partial charge in [-0.05, 0) is 64.5 Å². The van der Waals surface area contributed by atoms with Crippen LogP contribution in [0.3, 0.4) is 0 Å². The molecule has 0 aliphatic rings. The molecule has 0 saturated carbocycles. The molecule has 2 N–H and O–H groups in total. The summed E-state index contributed by atoms with van der Waals surface area (Å²) in [6.07, 6.45) is 2.01. The summed E-state index contributed by atoms with van der Waals surface area (Å²) in [6, 6.07) is 10.3. The Labute approximate surface area is 198 Å². The topological polar surface area (TPSA) is 66.7 Å². The van der Waals surface area contributed by atoms with Gasteiger partial charge in [-0.3, -0.25) is 9.67 Å². The zero-order chi connectivity index (χ0) is 21.1. The van der Waals surface area contributed by atoms with Crippen LogP contribution in [-0.4, -0.2) is 61.5 Å². The molecule has 0 bridgehead atoms. The number of nitrogens with zero attached hydrogens (tertiary/aromatic N) is 4. The second-order valence-electron chi connectivity index (χ2n) is 7.51. The predicted octanol–water partition coefficient (Wildman–Crippen LogP) is 3.20. The van der Waals surface area contributed by atoms with Crippen molar-refractivity contribution in [3.63, 3.8) is 0 Å². The summed E-state index contributed by atoms with van der Waals surface area (Å²) >= 11 is 0. The highest BCUT2D eigenvalue weighted by atomic mass is 127. The maximum Gasteiger partial charge on any atom is 0.191 e. The molecule has 2 rings (SSSR count). The number of ether oxygens (including phenoxy) is 1. The van der Waals surface area contributed by atoms with Crippen molar-refractivity contribution in [2.75, 3.05) is 40.8 Å². The Balaban J connectivity index is 0.00000450. The number of aromatic nitrogens is 2. The van der Waals surface area contributed by atoms with Crippen LogP contribution in [-0.2, 0) is 13.1 Å². The number of rotatable bonds is 11. The fourth-order valence-corrected chi connectivity index (χ4v) is 3.02. The number of halogens is 1. The lowest BCUT2D eigenvalue weighted by atomic mass is 10.2. The van der Waals surface area contributed by atoms with Crippen LogP contribution in [0.4, 0.5) is 0 Å². The SMILES string of the molecule is CN=C(NCCCn1nc(C)cc1C)NCc1ccc(OCCCN(C)C)cc1.I. The van der Waals surface area contributed by atoms with E-state index in [1.165, 1.54) is 11.3 Å². The normalized spacial score (nSPS) is 11.3. The number of guanidine groups is 1. The number of nitrogens with one attached hydrogen (secondary N) is 2. The number of hydrogen-bond acceptors (Lipinski definition) is 4. The summed E-state index contributed by atoms with van der Waals surface area (Å²) in [4.78, 5) is 6.46. The third-order valence-corrected chi connectivity index (χ3v) is 4.57. The van der Waals surface area contributed by atoms with Crippen LogP contribution < -0.4 is 15.4 Å². The van der Waals surface area contributed by atoms with Gasteiger partial charge in [-0.1, -0.05) is 12.1 Å². The first-order valence-electron chi connectivity index (χ1n) is 10.3. The molecule has 0 unspecified atom stereocenters. The first kappa shape index (κ1) is 26.2. The molecular formula is C22H37IN6O. The molecule has 0 radical (unpaired) electrons. The van der Waals surface area contributed by atoms with Gasteiger partial charge in [0.15, 0.2) is 5.96 Å². The Bertz CT molecular complexity index is 757. The van der Waals surface area contributed by atoms with Crippen LogP contribution >= 0.6 is 24.0 Å². The van der Waals surface area contributed by atoms with Crippen LogP contribution in [0.25, 0.3) is 0 Å². The zero-order valence-electron chi connectivity index (χ0n) is 18.9. The van der Waals surface area contributed by atoms with Gasteiger partial charge in [0, 0.05) is 38.9 Å². The number of aryl methyl sites for hydroxylation is 3. The van der Waals surface area contributed by atoms with Gasteiger partial charge < -0.3 is 20.3 Å². The van der Waals surface area contributed by atoms with E-state index < -0.39 is 0 Å². The molecular weight excluding hydrogens is 491 g/mol. The Morgan fingerprint density at radius 1 is 1.13 bits per heavy atom. The minimum atomic E-state index is 0. The molecule has 0 fully saturated rings. The van der Waals surface area contributed by atoms with Gasteiger partial charge in [-0.15, -0.1) is 24.0 Å². The van der Waals surface area contributed by atoms with Crippen molar-refractivity contribution in [1.29, 1.82) is 0 Å². The molecule has 0 aliphatic carbocycles. The van der Waals surface area contributed by atoms with E-state index in [-0.39, 0.29) is 24.0 Å². The van der Waals surface area contributed by atoms with Crippen LogP contribution in [0.15, 0.2) is 35.3 Å². The van der Waals surface area contributed by atoms with E-state index in [1.807, 2.05) is 19.1 Å². The standard InChI is InChI=1S/C22H36N6O.HI/c1-18-16-19(2)28(26-18)14-6-12-24-22(23-3)25-17-20-8-10-21(11-9-20)29-15-7-13-27(4)5;/h8-11,16H,6-7,12-15,17H2,1-5H3,(H2,23,24,25);1H. The fourth-order valence-electron chi connectivity index (χ4n) is 3.02. The molecule has 1 heterocycles. The molecule has 0 aliphatic heterocycles. The van der Waals surface area contributed by atoms with Gasteiger partial charge in [0.05, 0.1) is 12.3 Å². The molecule has 0 saturated heterocycles. The first-order valence-corrected chi connectivity index (χ1v) is 10.3. The molecule has 0 atom stereocenters. The van der Waals surface area contributed by atoms with Crippen molar-refractivity contribution < 1.29 is 4.74 Å². The molecule has 168 valence electrons. The Morgan fingerprint density at radius 2 is 1.87 bits per heavy atom. The molecule has 30 heavy (non-hydrogen) atoms. The minimum absolute atomic E-state index is 0. The molecule has 2 aromatic rings. The van der Waals surface area contributed by atoms with Crippen molar-refractivity contribution >= 4 is 29.9 Å². The number of aliphatic imine (C=N–C) groups is 1. The van der Waals surface area contributed by atoms with Crippen LogP contribution in [0.5, 0.6) is 5.75 Å². The predicted molar refractivity (Wildman–Crippen MR) is 135 cm³/mol. The highest BCUT2D eigenvalue weighted by Gasteiger charge is 2.02. The summed E-state index contributed by atoms with van der Waals surface area (Å²) < 4.78 is 7.83. The third kappa shape index (κ3) is 9.80. The van der Waals surface area contributed by atoms with Crippen molar-refractivity contribution in [3.05, 3.63) is 47.3 Å². The van der Waals surface area contributed by atoms with Crippen molar-refractivity contribution in [1.82, 2.24) is 25.3 Å². The van der Waals surface area contributed by atoms with E-state index >= 15 is 0 Å². The fraction of sp³-hybridized carbons (Fsp3) is 0.545. The highest BCUT2D eigenvalue weighted by Crippen LogP contribution is 2.12. The number of hydrogen-bond donors (Lipinski definition) is 2. The molecule has 1 aromatic carbocycles. The highest BCUT2D eigenvalue weighted by molar-refractivity contribution is 14.0. The number of benzene rings is 1. The van der Waals surface area contributed by atoms with Gasteiger partial charge in [0.2, 0.25) is 0 Å². The van der Waals surface area contributed by atoms with E-state index in [2.05, 4.69) is 69.5 Å². The molecule has 7 nitrogen and oxygen atoms in total. The van der Waals surface area contributed by atoms with Crippen LogP contribution in [0.1, 0.15) is 29.8 Å². The second kappa shape index (κ2) is 14.2. The Hall–Kier alpha value is -1.81. The summed E-state index contributed by atoms with van der Waals surface area (Å²) in [5, 5.41) is 11.2. The van der Waals surface area contributed by atoms with Gasteiger partial charge in [0.25, 0.3) is 0 Å². The monoisotopic (exact) mass is 528 g/mol. The van der Waals surface area contributed by atoms with Crippen LogP contribution in [0.2, 0.25) is 0 Å². The Morgan fingerprint density at radius 3 is 2.47 bits per heavy atom. The maximum absolute atomic E-state index is 5.78. The summed E-state index contributed by atoms with van der Waals surface area (Å²) in [7, 11) is 5.94.